The highest BCUT2D eigenvalue weighted by molar-refractivity contribution is 6.30. The second-order valence-electron chi connectivity index (χ2n) is 10.0. The van der Waals surface area contributed by atoms with Crippen LogP contribution in [0.4, 0.5) is 4.39 Å². The lowest BCUT2D eigenvalue weighted by Gasteiger charge is -2.18. The molecular weight excluding hydrogens is 529 g/mol. The van der Waals surface area contributed by atoms with Crippen molar-refractivity contribution in [3.8, 4) is 28.0 Å². The molecule has 0 unspecified atom stereocenters. The molecule has 0 aliphatic heterocycles. The van der Waals surface area contributed by atoms with Crippen LogP contribution in [-0.4, -0.2) is 30.1 Å². The number of amides is 1. The summed E-state index contributed by atoms with van der Waals surface area (Å²) in [5.74, 6) is -1.81. The predicted molar refractivity (Wildman–Crippen MR) is 160 cm³/mol. The van der Waals surface area contributed by atoms with Gasteiger partial charge in [0.1, 0.15) is 11.6 Å². The molecule has 7 heteroatoms. The number of rotatable bonds is 17. The smallest absolute Gasteiger partial charge is 0.341 e. The van der Waals surface area contributed by atoms with Crippen molar-refractivity contribution >= 4 is 23.5 Å². The molecular formula is C33H39ClFNO4. The summed E-state index contributed by atoms with van der Waals surface area (Å²) in [5.41, 5.74) is 1.89. The van der Waals surface area contributed by atoms with E-state index in [0.29, 0.717) is 33.8 Å². The quantitative estimate of drug-likeness (QED) is 0.160. The lowest BCUT2D eigenvalue weighted by Crippen LogP contribution is -2.24. The molecule has 2 N–H and O–H groups in total. The second kappa shape index (κ2) is 16.7. The molecule has 0 radical (unpaired) electrons. The minimum Gasteiger partial charge on any atom is -0.481 e. The van der Waals surface area contributed by atoms with Crippen LogP contribution in [0.1, 0.15) is 81.5 Å². The van der Waals surface area contributed by atoms with Gasteiger partial charge in [0.2, 0.25) is 0 Å². The molecule has 1 amide bonds. The molecule has 5 nitrogen and oxygen atoms in total. The Hall–Kier alpha value is -3.38. The Labute approximate surface area is 241 Å². The number of ether oxygens (including phenoxy) is 1. The van der Waals surface area contributed by atoms with E-state index in [4.69, 9.17) is 16.3 Å². The van der Waals surface area contributed by atoms with Crippen molar-refractivity contribution in [1.29, 1.82) is 0 Å². The number of carbonyl (C=O) groups is 2. The van der Waals surface area contributed by atoms with Crippen molar-refractivity contribution in [1.82, 2.24) is 5.32 Å². The Bertz CT molecular complexity index is 1260. The standard InChI is InChI=1S/C33H39ClFNO4/c1-2-3-4-5-6-7-8-9-10-13-19-36-33(39)25-21-28(24-15-14-16-26(34)20-24)32(40-23-31(37)38)29(22-25)27-17-11-12-18-30(27)35/h11-12,14-18,20-22H,2-10,13,19,23H2,1H3,(H,36,39)(H,37,38). The lowest BCUT2D eigenvalue weighted by molar-refractivity contribution is -0.139. The summed E-state index contributed by atoms with van der Waals surface area (Å²) in [6, 6.07) is 16.3. The van der Waals surface area contributed by atoms with E-state index in [9.17, 15) is 19.1 Å². The molecule has 3 aromatic rings. The van der Waals surface area contributed by atoms with Gasteiger partial charge in [0.15, 0.2) is 6.61 Å². The molecule has 214 valence electrons. The van der Waals surface area contributed by atoms with Crippen LogP contribution in [0.25, 0.3) is 22.3 Å². The fraction of sp³-hybridized carbons (Fsp3) is 0.394. The third-order valence-electron chi connectivity index (χ3n) is 6.81. The van der Waals surface area contributed by atoms with Crippen LogP contribution in [0.3, 0.4) is 0 Å². The predicted octanol–water partition coefficient (Wildman–Crippen LogP) is 8.93. The van der Waals surface area contributed by atoms with Crippen molar-refractivity contribution < 1.29 is 23.8 Å². The Morgan fingerprint density at radius 2 is 1.48 bits per heavy atom. The molecule has 0 aliphatic rings. The number of nitrogens with one attached hydrogen (secondary N) is 1. The first kappa shape index (κ1) is 31.2. The normalized spacial score (nSPS) is 10.9. The monoisotopic (exact) mass is 567 g/mol. The summed E-state index contributed by atoms with van der Waals surface area (Å²) in [5, 5.41) is 12.7. The molecule has 0 saturated carbocycles. The number of aliphatic carboxylic acids is 1. The fourth-order valence-electron chi connectivity index (χ4n) is 4.72. The fourth-order valence-corrected chi connectivity index (χ4v) is 4.91. The van der Waals surface area contributed by atoms with Gasteiger partial charge >= 0.3 is 5.97 Å². The van der Waals surface area contributed by atoms with Gasteiger partial charge < -0.3 is 15.2 Å². The van der Waals surface area contributed by atoms with Crippen LogP contribution < -0.4 is 10.1 Å². The van der Waals surface area contributed by atoms with E-state index in [-0.39, 0.29) is 17.2 Å². The van der Waals surface area contributed by atoms with Gasteiger partial charge in [-0.05, 0) is 42.3 Å². The van der Waals surface area contributed by atoms with Gasteiger partial charge in [-0.15, -0.1) is 0 Å². The number of halogens is 2. The van der Waals surface area contributed by atoms with E-state index in [1.54, 1.807) is 54.6 Å². The highest BCUT2D eigenvalue weighted by atomic mass is 35.5. The highest BCUT2D eigenvalue weighted by Gasteiger charge is 2.21. The summed E-state index contributed by atoms with van der Waals surface area (Å²) in [6.45, 7) is 2.14. The number of carbonyl (C=O) groups excluding carboxylic acids is 1. The van der Waals surface area contributed by atoms with Crippen LogP contribution in [0.15, 0.2) is 60.7 Å². The summed E-state index contributed by atoms with van der Waals surface area (Å²) in [4.78, 5) is 24.6. The maximum absolute atomic E-state index is 14.9. The van der Waals surface area contributed by atoms with E-state index < -0.39 is 18.4 Å². The topological polar surface area (TPSA) is 75.6 Å². The Balaban J connectivity index is 1.78. The average molecular weight is 568 g/mol. The van der Waals surface area contributed by atoms with E-state index in [2.05, 4.69) is 12.2 Å². The van der Waals surface area contributed by atoms with Gasteiger partial charge in [-0.3, -0.25) is 4.79 Å². The summed E-state index contributed by atoms with van der Waals surface area (Å²) >= 11 is 6.24. The molecule has 0 aliphatic carbocycles. The van der Waals surface area contributed by atoms with Gasteiger partial charge in [0.25, 0.3) is 5.91 Å². The minimum absolute atomic E-state index is 0.168. The molecule has 0 bridgehead atoms. The average Bonchev–Trinajstić information content (AvgIpc) is 2.94. The highest BCUT2D eigenvalue weighted by Crippen LogP contribution is 2.41. The summed E-state index contributed by atoms with van der Waals surface area (Å²) in [6.07, 6.45) is 12.1. The lowest BCUT2D eigenvalue weighted by atomic mass is 9.93. The van der Waals surface area contributed by atoms with E-state index in [0.717, 1.165) is 19.3 Å². The van der Waals surface area contributed by atoms with Crippen LogP contribution in [0.5, 0.6) is 5.75 Å². The third kappa shape index (κ3) is 9.67. The van der Waals surface area contributed by atoms with Gasteiger partial charge in [-0.1, -0.05) is 107 Å². The van der Waals surface area contributed by atoms with Crippen molar-refractivity contribution in [2.45, 2.75) is 71.1 Å². The molecule has 3 aromatic carbocycles. The molecule has 0 atom stereocenters. The Kier molecular flexibility index (Phi) is 13.0. The first-order valence-corrected chi connectivity index (χ1v) is 14.6. The molecule has 0 spiro atoms. The van der Waals surface area contributed by atoms with Gasteiger partial charge in [-0.25, -0.2) is 9.18 Å². The van der Waals surface area contributed by atoms with Gasteiger partial charge in [0, 0.05) is 33.8 Å². The number of hydrogen-bond acceptors (Lipinski definition) is 3. The van der Waals surface area contributed by atoms with E-state index in [1.807, 2.05) is 0 Å². The number of carboxylic acid groups (broad SMARTS) is 1. The molecule has 0 saturated heterocycles. The molecule has 40 heavy (non-hydrogen) atoms. The maximum atomic E-state index is 14.9. The summed E-state index contributed by atoms with van der Waals surface area (Å²) in [7, 11) is 0. The largest absolute Gasteiger partial charge is 0.481 e. The van der Waals surface area contributed by atoms with Crippen LogP contribution in [0.2, 0.25) is 5.02 Å². The zero-order chi connectivity index (χ0) is 28.7. The molecule has 0 aromatic heterocycles. The number of hydrogen-bond donors (Lipinski definition) is 2. The van der Waals surface area contributed by atoms with Crippen molar-refractivity contribution in [3.63, 3.8) is 0 Å². The zero-order valence-electron chi connectivity index (χ0n) is 23.2. The van der Waals surface area contributed by atoms with Crippen LogP contribution >= 0.6 is 11.6 Å². The molecule has 0 heterocycles. The van der Waals surface area contributed by atoms with Crippen LogP contribution in [-0.2, 0) is 4.79 Å². The molecule has 3 rings (SSSR count). The van der Waals surface area contributed by atoms with Crippen molar-refractivity contribution in [2.75, 3.05) is 13.2 Å². The number of unbranched alkanes of at least 4 members (excludes halogenated alkanes) is 9. The first-order chi connectivity index (χ1) is 19.4. The van der Waals surface area contributed by atoms with Crippen molar-refractivity contribution in [3.05, 3.63) is 77.1 Å². The number of carboxylic acids is 1. The Morgan fingerprint density at radius 1 is 0.825 bits per heavy atom. The van der Waals surface area contributed by atoms with Gasteiger partial charge in [-0.2, -0.15) is 0 Å². The SMILES string of the molecule is CCCCCCCCCCCCNC(=O)c1cc(-c2cccc(Cl)c2)c(OCC(=O)O)c(-c2ccccc2F)c1. The van der Waals surface area contributed by atoms with Gasteiger partial charge in [0.05, 0.1) is 0 Å². The van der Waals surface area contributed by atoms with Crippen LogP contribution in [0, 0.1) is 5.82 Å². The number of benzene rings is 3. The minimum atomic E-state index is -1.17. The van der Waals surface area contributed by atoms with E-state index >= 15 is 0 Å². The maximum Gasteiger partial charge on any atom is 0.341 e. The second-order valence-corrected chi connectivity index (χ2v) is 10.4. The summed E-state index contributed by atoms with van der Waals surface area (Å²) < 4.78 is 20.6. The first-order valence-electron chi connectivity index (χ1n) is 14.2. The van der Waals surface area contributed by atoms with Crippen molar-refractivity contribution in [2.24, 2.45) is 0 Å². The molecule has 0 fully saturated rings. The Morgan fingerprint density at radius 3 is 2.12 bits per heavy atom. The van der Waals surface area contributed by atoms with E-state index in [1.165, 1.54) is 51.0 Å². The third-order valence-corrected chi connectivity index (χ3v) is 7.04. The zero-order valence-corrected chi connectivity index (χ0v) is 23.9.